The summed E-state index contributed by atoms with van der Waals surface area (Å²) in [5, 5.41) is 7.84. The molecule has 0 bridgehead atoms. The smallest absolute Gasteiger partial charge is 0.243 e. The van der Waals surface area contributed by atoms with E-state index in [1.165, 1.54) is 0 Å². The van der Waals surface area contributed by atoms with Crippen LogP contribution in [0.15, 0.2) is 18.5 Å². The van der Waals surface area contributed by atoms with Gasteiger partial charge in [-0.25, -0.2) is 14.5 Å². The van der Waals surface area contributed by atoms with E-state index in [-0.39, 0.29) is 5.91 Å². The van der Waals surface area contributed by atoms with Gasteiger partial charge in [-0.15, -0.1) is 5.10 Å². The van der Waals surface area contributed by atoms with Crippen molar-refractivity contribution in [1.82, 2.24) is 34.4 Å². The quantitative estimate of drug-likeness (QED) is 0.438. The molecule has 0 unspecified atom stereocenters. The van der Waals surface area contributed by atoms with Gasteiger partial charge in [-0.05, 0) is 38.6 Å². The fourth-order valence-electron chi connectivity index (χ4n) is 4.32. The lowest BCUT2D eigenvalue weighted by molar-refractivity contribution is -0.132. The summed E-state index contributed by atoms with van der Waals surface area (Å²) in [5.41, 5.74) is 9.80. The molecule has 3 N–H and O–H groups in total. The number of unbranched alkanes of at least 4 members (excludes halogenated alkanes) is 1. The number of nitrogens with one attached hydrogen (secondary N) is 1. The first-order valence-corrected chi connectivity index (χ1v) is 12.2. The van der Waals surface area contributed by atoms with Gasteiger partial charge in [0.05, 0.1) is 18.4 Å². The number of amides is 1. The largest absolute Gasteiger partial charge is 0.380 e. The maximum atomic E-state index is 12.3. The molecule has 1 saturated heterocycles. The lowest BCUT2D eigenvalue weighted by atomic mass is 10.1. The van der Waals surface area contributed by atoms with Gasteiger partial charge in [0.15, 0.2) is 11.5 Å². The zero-order chi connectivity index (χ0) is 24.9. The highest BCUT2D eigenvalue weighted by Crippen LogP contribution is 2.22. The Labute approximate surface area is 206 Å². The molecule has 0 aromatic carbocycles. The van der Waals surface area contributed by atoms with Gasteiger partial charge >= 0.3 is 0 Å². The number of nitrogens with two attached hydrogens (primary N) is 1. The average Bonchev–Trinajstić information content (AvgIpc) is 3.22. The minimum absolute atomic E-state index is 0.177. The Morgan fingerprint density at radius 1 is 1.17 bits per heavy atom. The first-order valence-electron chi connectivity index (χ1n) is 12.2. The van der Waals surface area contributed by atoms with Crippen molar-refractivity contribution in [2.24, 2.45) is 0 Å². The second-order valence-electron chi connectivity index (χ2n) is 9.35. The van der Waals surface area contributed by atoms with Gasteiger partial charge in [0.25, 0.3) is 0 Å². The third-order valence-electron chi connectivity index (χ3n) is 6.15. The van der Waals surface area contributed by atoms with Crippen molar-refractivity contribution in [2.75, 3.05) is 69.3 Å². The van der Waals surface area contributed by atoms with E-state index < -0.39 is 0 Å². The van der Waals surface area contributed by atoms with E-state index >= 15 is 0 Å². The van der Waals surface area contributed by atoms with Crippen LogP contribution in [-0.2, 0) is 11.2 Å². The number of fused-ring (bicyclic) bond motifs is 1. The minimum Gasteiger partial charge on any atom is -0.380 e. The standard InChI is InChI=1S/C24H36N10O/c1-5-6-7-26-24-29-21(25)23-28-15-19(34(23)30-24)13-18-12-17(2)22(27-14-18)33-10-8-32(9-11-33)20(35)16-31(3)4/h12,14-15H,5-11,13,16H2,1-4H3,(H3,25,26,29,30). The Morgan fingerprint density at radius 3 is 2.63 bits per heavy atom. The molecule has 1 amide bonds. The molecule has 0 atom stereocenters. The number of piperazine rings is 1. The second-order valence-corrected chi connectivity index (χ2v) is 9.35. The van der Waals surface area contributed by atoms with E-state index in [1.807, 2.05) is 30.1 Å². The number of carbonyl (C=O) groups excluding carboxylic acids is 1. The zero-order valence-corrected chi connectivity index (χ0v) is 21.2. The monoisotopic (exact) mass is 480 g/mol. The molecule has 4 rings (SSSR count). The van der Waals surface area contributed by atoms with Gasteiger partial charge in [0.2, 0.25) is 11.9 Å². The highest BCUT2D eigenvalue weighted by atomic mass is 16.2. The summed E-state index contributed by atoms with van der Waals surface area (Å²) in [7, 11) is 3.84. The third-order valence-corrected chi connectivity index (χ3v) is 6.15. The van der Waals surface area contributed by atoms with Gasteiger partial charge < -0.3 is 25.8 Å². The van der Waals surface area contributed by atoms with Crippen molar-refractivity contribution in [3.8, 4) is 0 Å². The summed E-state index contributed by atoms with van der Waals surface area (Å²) in [6, 6.07) is 2.16. The maximum absolute atomic E-state index is 12.3. The van der Waals surface area contributed by atoms with Crippen LogP contribution >= 0.6 is 0 Å². The molecule has 11 nitrogen and oxygen atoms in total. The van der Waals surface area contributed by atoms with Crippen LogP contribution in [0.25, 0.3) is 5.65 Å². The first-order chi connectivity index (χ1) is 16.9. The van der Waals surface area contributed by atoms with Crippen LogP contribution in [0.2, 0.25) is 0 Å². The van der Waals surface area contributed by atoms with E-state index in [9.17, 15) is 4.79 Å². The predicted molar refractivity (Wildman–Crippen MR) is 138 cm³/mol. The van der Waals surface area contributed by atoms with E-state index in [4.69, 9.17) is 10.7 Å². The molecule has 0 radical (unpaired) electrons. The van der Waals surface area contributed by atoms with Crippen LogP contribution in [0.1, 0.15) is 36.6 Å². The molecular formula is C24H36N10O. The molecule has 0 saturated carbocycles. The lowest BCUT2D eigenvalue weighted by Gasteiger charge is -2.36. The lowest BCUT2D eigenvalue weighted by Crippen LogP contribution is -2.51. The molecule has 3 aromatic rings. The molecule has 0 spiro atoms. The van der Waals surface area contributed by atoms with Crippen molar-refractivity contribution in [2.45, 2.75) is 33.1 Å². The van der Waals surface area contributed by atoms with E-state index in [0.717, 1.165) is 55.1 Å². The maximum Gasteiger partial charge on any atom is 0.243 e. The van der Waals surface area contributed by atoms with Gasteiger partial charge in [-0.1, -0.05) is 19.4 Å². The number of rotatable bonds is 9. The molecule has 1 fully saturated rings. The Bertz CT molecular complexity index is 1170. The molecule has 11 heteroatoms. The Balaban J connectivity index is 1.44. The molecule has 35 heavy (non-hydrogen) atoms. The van der Waals surface area contributed by atoms with Crippen molar-refractivity contribution >= 4 is 29.1 Å². The van der Waals surface area contributed by atoms with Crippen molar-refractivity contribution in [1.29, 1.82) is 0 Å². The van der Waals surface area contributed by atoms with Crippen LogP contribution < -0.4 is 16.0 Å². The van der Waals surface area contributed by atoms with Crippen LogP contribution in [0.3, 0.4) is 0 Å². The number of carbonyl (C=O) groups is 1. The highest BCUT2D eigenvalue weighted by Gasteiger charge is 2.23. The number of hydrogen-bond donors (Lipinski definition) is 2. The average molecular weight is 481 g/mol. The van der Waals surface area contributed by atoms with E-state index in [0.29, 0.717) is 43.5 Å². The fraction of sp³-hybridized carbons (Fsp3) is 0.542. The van der Waals surface area contributed by atoms with Crippen molar-refractivity contribution in [3.63, 3.8) is 0 Å². The number of imidazole rings is 1. The van der Waals surface area contributed by atoms with Crippen LogP contribution in [0.5, 0.6) is 0 Å². The molecule has 188 valence electrons. The summed E-state index contributed by atoms with van der Waals surface area (Å²) >= 11 is 0. The predicted octanol–water partition coefficient (Wildman–Crippen LogP) is 1.42. The minimum atomic E-state index is 0.177. The van der Waals surface area contributed by atoms with Crippen LogP contribution in [0.4, 0.5) is 17.6 Å². The molecule has 0 aliphatic carbocycles. The number of hydrogen-bond acceptors (Lipinski definition) is 9. The Morgan fingerprint density at radius 2 is 1.94 bits per heavy atom. The topological polar surface area (TPSA) is 121 Å². The van der Waals surface area contributed by atoms with Crippen LogP contribution in [-0.4, -0.2) is 93.6 Å². The molecule has 1 aliphatic rings. The van der Waals surface area contributed by atoms with Gasteiger partial charge in [-0.3, -0.25) is 4.79 Å². The zero-order valence-electron chi connectivity index (χ0n) is 21.2. The third kappa shape index (κ3) is 5.79. The Kier molecular flexibility index (Phi) is 7.64. The Hall–Kier alpha value is -3.47. The molecule has 4 heterocycles. The highest BCUT2D eigenvalue weighted by molar-refractivity contribution is 5.78. The number of likely N-dealkylation sites (N-methyl/N-ethyl adjacent to an activating group) is 1. The number of aryl methyl sites for hydroxylation is 1. The van der Waals surface area contributed by atoms with Crippen molar-refractivity contribution < 1.29 is 4.79 Å². The summed E-state index contributed by atoms with van der Waals surface area (Å²) in [6.07, 6.45) is 6.47. The molecule has 3 aromatic heterocycles. The number of anilines is 3. The number of pyridine rings is 1. The summed E-state index contributed by atoms with van der Waals surface area (Å²) in [5.74, 6) is 2.02. The van der Waals surface area contributed by atoms with Gasteiger partial charge in [0.1, 0.15) is 5.82 Å². The van der Waals surface area contributed by atoms with Gasteiger partial charge in [0, 0.05) is 45.3 Å². The number of nitrogen functional groups attached to an aromatic ring is 1. The summed E-state index contributed by atoms with van der Waals surface area (Å²) in [4.78, 5) is 32.0. The van der Waals surface area contributed by atoms with Crippen molar-refractivity contribution in [3.05, 3.63) is 35.3 Å². The van der Waals surface area contributed by atoms with Gasteiger partial charge in [-0.2, -0.15) is 4.98 Å². The second kappa shape index (κ2) is 10.9. The normalized spacial score (nSPS) is 14.2. The summed E-state index contributed by atoms with van der Waals surface area (Å²) < 4.78 is 1.77. The molecule has 1 aliphatic heterocycles. The number of nitrogens with zero attached hydrogens (tertiary/aromatic N) is 8. The molecular weight excluding hydrogens is 444 g/mol. The fourth-order valence-corrected chi connectivity index (χ4v) is 4.32. The van der Waals surface area contributed by atoms with Crippen LogP contribution in [0, 0.1) is 6.92 Å². The first kappa shape index (κ1) is 24.6. The SMILES string of the molecule is CCCCNc1nc(N)c2ncc(Cc3cnc(N4CCN(C(=O)CN(C)C)CC4)c(C)c3)n2n1. The summed E-state index contributed by atoms with van der Waals surface area (Å²) in [6.45, 7) is 8.46. The van der Waals surface area contributed by atoms with E-state index in [2.05, 4.69) is 45.2 Å². The number of aromatic nitrogens is 5. The van der Waals surface area contributed by atoms with E-state index in [1.54, 1.807) is 10.7 Å².